The summed E-state index contributed by atoms with van der Waals surface area (Å²) in [7, 11) is 2.81. The van der Waals surface area contributed by atoms with Crippen LogP contribution in [0.5, 0.6) is 11.5 Å². The molecule has 1 atom stereocenters. The van der Waals surface area contributed by atoms with Gasteiger partial charge < -0.3 is 14.6 Å². The van der Waals surface area contributed by atoms with Crippen LogP contribution in [0.2, 0.25) is 0 Å². The summed E-state index contributed by atoms with van der Waals surface area (Å²) >= 11 is 0. The number of carbonyl (C=O) groups is 1. The Morgan fingerprint density at radius 3 is 2.27 bits per heavy atom. The molecule has 22 heavy (non-hydrogen) atoms. The molecule has 1 fully saturated rings. The molecule has 1 unspecified atom stereocenters. The number of hydrogen-bond donors (Lipinski definition) is 1. The summed E-state index contributed by atoms with van der Waals surface area (Å²) < 4.78 is 38.3. The van der Waals surface area contributed by atoms with Crippen LogP contribution in [0.15, 0.2) is 12.1 Å². The van der Waals surface area contributed by atoms with Crippen molar-refractivity contribution in [2.75, 3.05) is 14.2 Å². The number of carboxylic acids is 1. The molecule has 0 amide bonds. The number of halogens is 2. The SMILES string of the molecule is COc1cc(C(CC(=O)O)C2CC2)c(C(C)(F)F)cc1OC. The van der Waals surface area contributed by atoms with Crippen LogP contribution >= 0.6 is 0 Å². The summed E-state index contributed by atoms with van der Waals surface area (Å²) in [6.45, 7) is 0.808. The summed E-state index contributed by atoms with van der Waals surface area (Å²) in [5.41, 5.74) is 0.151. The van der Waals surface area contributed by atoms with E-state index in [4.69, 9.17) is 14.6 Å². The molecule has 1 aliphatic rings. The van der Waals surface area contributed by atoms with Crippen molar-refractivity contribution in [3.63, 3.8) is 0 Å². The highest BCUT2D eigenvalue weighted by Gasteiger charge is 2.39. The van der Waals surface area contributed by atoms with Crippen molar-refractivity contribution in [2.45, 2.75) is 38.0 Å². The first-order chi connectivity index (χ1) is 10.3. The molecule has 1 aromatic rings. The lowest BCUT2D eigenvalue weighted by atomic mass is 9.85. The van der Waals surface area contributed by atoms with Gasteiger partial charge in [0.2, 0.25) is 0 Å². The fourth-order valence-electron chi connectivity index (χ4n) is 2.80. The third-order valence-electron chi connectivity index (χ3n) is 4.01. The summed E-state index contributed by atoms with van der Waals surface area (Å²) in [5, 5.41) is 9.10. The van der Waals surface area contributed by atoms with Crippen LogP contribution in [0, 0.1) is 5.92 Å². The van der Waals surface area contributed by atoms with Crippen molar-refractivity contribution in [3.8, 4) is 11.5 Å². The predicted molar refractivity (Wildman–Crippen MR) is 76.8 cm³/mol. The molecule has 6 heteroatoms. The van der Waals surface area contributed by atoms with Crippen molar-refractivity contribution >= 4 is 5.97 Å². The highest BCUT2D eigenvalue weighted by molar-refractivity contribution is 5.68. The van der Waals surface area contributed by atoms with E-state index in [0.29, 0.717) is 11.3 Å². The van der Waals surface area contributed by atoms with E-state index in [0.717, 1.165) is 19.8 Å². The van der Waals surface area contributed by atoms with Gasteiger partial charge in [0.25, 0.3) is 5.92 Å². The van der Waals surface area contributed by atoms with E-state index in [-0.39, 0.29) is 23.7 Å². The highest BCUT2D eigenvalue weighted by Crippen LogP contribution is 2.49. The van der Waals surface area contributed by atoms with E-state index in [9.17, 15) is 13.6 Å². The van der Waals surface area contributed by atoms with Crippen LogP contribution in [0.25, 0.3) is 0 Å². The van der Waals surface area contributed by atoms with Crippen LogP contribution in [-0.2, 0) is 10.7 Å². The van der Waals surface area contributed by atoms with Gasteiger partial charge in [0.15, 0.2) is 11.5 Å². The molecule has 122 valence electrons. The summed E-state index contributed by atoms with van der Waals surface area (Å²) in [6.07, 6.45) is 1.56. The van der Waals surface area contributed by atoms with Gasteiger partial charge in [-0.25, -0.2) is 8.78 Å². The van der Waals surface area contributed by atoms with Gasteiger partial charge in [0.05, 0.1) is 20.6 Å². The highest BCUT2D eigenvalue weighted by atomic mass is 19.3. The summed E-state index contributed by atoms with van der Waals surface area (Å²) in [6, 6.07) is 2.75. The van der Waals surface area contributed by atoms with Crippen molar-refractivity contribution in [1.29, 1.82) is 0 Å². The minimum absolute atomic E-state index is 0.135. The Kier molecular flexibility index (Phi) is 4.58. The van der Waals surface area contributed by atoms with E-state index >= 15 is 0 Å². The van der Waals surface area contributed by atoms with Gasteiger partial charge in [-0.2, -0.15) is 0 Å². The van der Waals surface area contributed by atoms with Crippen LogP contribution < -0.4 is 9.47 Å². The molecule has 2 rings (SSSR count). The Balaban J connectivity index is 2.57. The minimum Gasteiger partial charge on any atom is -0.493 e. The Labute approximate surface area is 128 Å². The third-order valence-corrected chi connectivity index (χ3v) is 4.01. The molecule has 1 aromatic carbocycles. The average Bonchev–Trinajstić information content (AvgIpc) is 3.26. The number of carboxylic acid groups (broad SMARTS) is 1. The monoisotopic (exact) mass is 314 g/mol. The van der Waals surface area contributed by atoms with Gasteiger partial charge in [-0.3, -0.25) is 4.79 Å². The fourth-order valence-corrected chi connectivity index (χ4v) is 2.80. The van der Waals surface area contributed by atoms with Gasteiger partial charge in [0, 0.05) is 12.5 Å². The van der Waals surface area contributed by atoms with E-state index in [2.05, 4.69) is 0 Å². The molecule has 1 saturated carbocycles. The largest absolute Gasteiger partial charge is 0.493 e. The smallest absolute Gasteiger partial charge is 0.303 e. The van der Waals surface area contributed by atoms with E-state index in [1.54, 1.807) is 0 Å². The number of benzene rings is 1. The van der Waals surface area contributed by atoms with Gasteiger partial charge in [-0.15, -0.1) is 0 Å². The van der Waals surface area contributed by atoms with Gasteiger partial charge in [-0.05, 0) is 42.4 Å². The molecule has 0 bridgehead atoms. The average molecular weight is 314 g/mol. The lowest BCUT2D eigenvalue weighted by Crippen LogP contribution is -2.17. The Morgan fingerprint density at radius 2 is 1.86 bits per heavy atom. The first kappa shape index (κ1) is 16.5. The molecular formula is C16H20F2O4. The van der Waals surface area contributed by atoms with Crippen molar-refractivity contribution in [3.05, 3.63) is 23.3 Å². The first-order valence-corrected chi connectivity index (χ1v) is 7.14. The van der Waals surface area contributed by atoms with Crippen LogP contribution in [0.4, 0.5) is 8.78 Å². The molecule has 0 heterocycles. The zero-order valence-electron chi connectivity index (χ0n) is 12.9. The number of rotatable bonds is 7. The number of hydrogen-bond acceptors (Lipinski definition) is 3. The normalized spacial score (nSPS) is 16.2. The zero-order chi connectivity index (χ0) is 16.5. The fraction of sp³-hybridized carbons (Fsp3) is 0.562. The summed E-state index contributed by atoms with van der Waals surface area (Å²) in [4.78, 5) is 11.1. The molecule has 0 radical (unpaired) electrons. The van der Waals surface area contributed by atoms with Gasteiger partial charge in [-0.1, -0.05) is 0 Å². The van der Waals surface area contributed by atoms with E-state index in [1.165, 1.54) is 26.4 Å². The summed E-state index contributed by atoms with van der Waals surface area (Å²) in [5.74, 6) is -3.82. The molecule has 0 saturated heterocycles. The minimum atomic E-state index is -3.08. The van der Waals surface area contributed by atoms with Crippen LogP contribution in [0.3, 0.4) is 0 Å². The van der Waals surface area contributed by atoms with Crippen molar-refractivity contribution in [2.24, 2.45) is 5.92 Å². The first-order valence-electron chi connectivity index (χ1n) is 7.14. The zero-order valence-corrected chi connectivity index (χ0v) is 12.9. The van der Waals surface area contributed by atoms with E-state index in [1.807, 2.05) is 0 Å². The standard InChI is InChI=1S/C16H20F2O4/c1-16(17,18)12-8-14(22-3)13(21-2)6-11(12)10(7-15(19)20)9-4-5-9/h6,8-10H,4-5,7H2,1-3H3,(H,19,20). The second-order valence-corrected chi connectivity index (χ2v) is 5.72. The molecule has 1 N–H and O–H groups in total. The molecule has 0 aromatic heterocycles. The quantitative estimate of drug-likeness (QED) is 0.832. The predicted octanol–water partition coefficient (Wildman–Crippen LogP) is 3.78. The lowest BCUT2D eigenvalue weighted by Gasteiger charge is -2.24. The maximum absolute atomic E-state index is 14.0. The van der Waals surface area contributed by atoms with E-state index < -0.39 is 17.8 Å². The lowest BCUT2D eigenvalue weighted by molar-refractivity contribution is -0.137. The second kappa shape index (κ2) is 6.10. The number of methoxy groups -OCH3 is 2. The Bertz CT molecular complexity index is 562. The second-order valence-electron chi connectivity index (χ2n) is 5.72. The van der Waals surface area contributed by atoms with Gasteiger partial charge >= 0.3 is 5.97 Å². The number of ether oxygens (including phenoxy) is 2. The van der Waals surface area contributed by atoms with Crippen molar-refractivity contribution in [1.82, 2.24) is 0 Å². The van der Waals surface area contributed by atoms with Crippen molar-refractivity contribution < 1.29 is 28.2 Å². The van der Waals surface area contributed by atoms with Crippen LogP contribution in [-0.4, -0.2) is 25.3 Å². The molecule has 1 aliphatic carbocycles. The molecule has 0 spiro atoms. The van der Waals surface area contributed by atoms with Gasteiger partial charge in [0.1, 0.15) is 0 Å². The maximum Gasteiger partial charge on any atom is 0.303 e. The maximum atomic E-state index is 14.0. The Hall–Kier alpha value is -1.85. The topological polar surface area (TPSA) is 55.8 Å². The Morgan fingerprint density at radius 1 is 1.32 bits per heavy atom. The third kappa shape index (κ3) is 3.48. The van der Waals surface area contributed by atoms with Crippen LogP contribution in [0.1, 0.15) is 43.2 Å². The molecule has 0 aliphatic heterocycles. The number of aliphatic carboxylic acids is 1. The molecule has 4 nitrogen and oxygen atoms in total. The molecular weight excluding hydrogens is 294 g/mol. The number of alkyl halides is 2.